The Labute approximate surface area is 130 Å². The van der Waals surface area contributed by atoms with Crippen molar-refractivity contribution in [3.63, 3.8) is 0 Å². The van der Waals surface area contributed by atoms with Gasteiger partial charge in [0.05, 0.1) is 11.4 Å². The Morgan fingerprint density at radius 3 is 2.90 bits per heavy atom. The van der Waals surface area contributed by atoms with E-state index in [2.05, 4.69) is 29.8 Å². The number of pyridine rings is 1. The first-order valence-electron chi connectivity index (χ1n) is 7.52. The minimum atomic E-state index is -0.947. The highest BCUT2D eigenvalue weighted by atomic mass is 32.2. The van der Waals surface area contributed by atoms with Gasteiger partial charge in [0.1, 0.15) is 5.60 Å². The summed E-state index contributed by atoms with van der Waals surface area (Å²) in [4.78, 5) is 6.77. The fourth-order valence-corrected chi connectivity index (χ4v) is 4.58. The van der Waals surface area contributed by atoms with Crippen LogP contribution in [0.5, 0.6) is 0 Å². The first kappa shape index (κ1) is 15.3. The standard InChI is InChI=1S/C16H23N2O2S/c1-12-4-5-14(8-17-12)13(2)18-9-15(3,21-11-18)16(19)6-7-20-10-16/h4-5,8,13H,6-7,9-11H2,1-3H3/t13-,15?,16+/m1/s1. The third-order valence-electron chi connectivity index (χ3n) is 4.97. The zero-order valence-corrected chi connectivity index (χ0v) is 13.8. The quantitative estimate of drug-likeness (QED) is 0.861. The van der Waals surface area contributed by atoms with Gasteiger partial charge in [-0.25, -0.2) is 5.11 Å². The largest absolute Gasteiger partial charge is 0.378 e. The van der Waals surface area contributed by atoms with Crippen molar-refractivity contribution in [3.8, 4) is 0 Å². The maximum atomic E-state index is 13.0. The second kappa shape index (κ2) is 5.54. The number of hydrogen-bond donors (Lipinski definition) is 0. The number of ether oxygens (including phenoxy) is 1. The van der Waals surface area contributed by atoms with Crippen molar-refractivity contribution in [2.75, 3.05) is 25.6 Å². The maximum Gasteiger partial charge on any atom is 0.144 e. The van der Waals surface area contributed by atoms with Gasteiger partial charge in [0.25, 0.3) is 0 Å². The van der Waals surface area contributed by atoms with E-state index in [9.17, 15) is 5.11 Å². The van der Waals surface area contributed by atoms with Gasteiger partial charge in [-0.2, -0.15) is 0 Å². The second-order valence-electron chi connectivity index (χ2n) is 6.46. The van der Waals surface area contributed by atoms with Gasteiger partial charge in [-0.1, -0.05) is 6.07 Å². The van der Waals surface area contributed by atoms with E-state index in [0.717, 1.165) is 18.1 Å². The topological polar surface area (TPSA) is 45.3 Å². The molecule has 115 valence electrons. The van der Waals surface area contributed by atoms with E-state index in [0.29, 0.717) is 25.7 Å². The molecule has 21 heavy (non-hydrogen) atoms. The van der Waals surface area contributed by atoms with Gasteiger partial charge >= 0.3 is 0 Å². The van der Waals surface area contributed by atoms with Gasteiger partial charge in [-0.15, -0.1) is 11.8 Å². The van der Waals surface area contributed by atoms with Gasteiger partial charge in [0.2, 0.25) is 0 Å². The summed E-state index contributed by atoms with van der Waals surface area (Å²) in [6, 6.07) is 4.48. The molecule has 0 spiro atoms. The van der Waals surface area contributed by atoms with Crippen LogP contribution in [-0.2, 0) is 9.84 Å². The fourth-order valence-electron chi connectivity index (χ4n) is 3.13. The minimum absolute atomic E-state index is 0.268. The summed E-state index contributed by atoms with van der Waals surface area (Å²) in [5, 5.41) is 13.0. The number of hydrogen-bond acceptors (Lipinski definition) is 4. The molecule has 0 saturated carbocycles. The fraction of sp³-hybridized carbons (Fsp3) is 0.688. The third-order valence-corrected chi connectivity index (χ3v) is 6.57. The molecule has 0 aromatic carbocycles. The summed E-state index contributed by atoms with van der Waals surface area (Å²) in [6.45, 7) is 8.08. The monoisotopic (exact) mass is 307 g/mol. The van der Waals surface area contributed by atoms with Crippen LogP contribution < -0.4 is 0 Å². The minimum Gasteiger partial charge on any atom is -0.378 e. The molecule has 2 aliphatic rings. The Morgan fingerprint density at radius 1 is 1.48 bits per heavy atom. The van der Waals surface area contributed by atoms with Crippen LogP contribution in [0.3, 0.4) is 0 Å². The second-order valence-corrected chi connectivity index (χ2v) is 7.90. The molecule has 3 heterocycles. The molecule has 3 rings (SSSR count). The predicted octanol–water partition coefficient (Wildman–Crippen LogP) is 2.81. The Kier molecular flexibility index (Phi) is 4.03. The van der Waals surface area contributed by atoms with Crippen molar-refractivity contribution in [1.82, 2.24) is 9.88 Å². The van der Waals surface area contributed by atoms with Gasteiger partial charge in [0, 0.05) is 43.4 Å². The molecule has 0 bridgehead atoms. The molecule has 1 aromatic rings. The molecule has 2 saturated heterocycles. The van der Waals surface area contributed by atoms with Crippen LogP contribution in [0.1, 0.15) is 37.6 Å². The van der Waals surface area contributed by atoms with Crippen LogP contribution in [0.2, 0.25) is 0 Å². The first-order chi connectivity index (χ1) is 9.94. The molecule has 2 aliphatic heterocycles. The van der Waals surface area contributed by atoms with Crippen LogP contribution in [0.15, 0.2) is 18.3 Å². The van der Waals surface area contributed by atoms with Crippen LogP contribution >= 0.6 is 11.8 Å². The van der Waals surface area contributed by atoms with E-state index in [1.54, 1.807) is 11.8 Å². The third kappa shape index (κ3) is 2.72. The van der Waals surface area contributed by atoms with Crippen LogP contribution in [0, 0.1) is 6.92 Å². The lowest BCUT2D eigenvalue weighted by Crippen LogP contribution is -2.51. The Hall–Kier alpha value is -0.620. The van der Waals surface area contributed by atoms with E-state index in [-0.39, 0.29) is 4.75 Å². The average Bonchev–Trinajstić information content (AvgIpc) is 3.08. The number of aromatic nitrogens is 1. The van der Waals surface area contributed by atoms with Crippen LogP contribution in [0.25, 0.3) is 0 Å². The molecule has 0 aliphatic carbocycles. The number of aryl methyl sites for hydroxylation is 1. The van der Waals surface area contributed by atoms with Crippen LogP contribution in [0.4, 0.5) is 0 Å². The van der Waals surface area contributed by atoms with Gasteiger partial charge in [0.15, 0.2) is 0 Å². The Bertz CT molecular complexity index is 502. The average molecular weight is 307 g/mol. The SMILES string of the molecule is Cc1ccc([C@@H](C)N2CSC(C)([C@]3([O])CCOC3)C2)cn1. The Balaban J connectivity index is 1.73. The summed E-state index contributed by atoms with van der Waals surface area (Å²) in [5.74, 6) is 0.898. The molecule has 2 fully saturated rings. The normalized spacial score (nSPS) is 35.2. The van der Waals surface area contributed by atoms with E-state index >= 15 is 0 Å². The van der Waals surface area contributed by atoms with Crippen molar-refractivity contribution in [2.45, 2.75) is 43.6 Å². The molecule has 0 amide bonds. The highest BCUT2D eigenvalue weighted by molar-refractivity contribution is 8.00. The molecular formula is C16H23N2O2S. The van der Waals surface area contributed by atoms with Crippen molar-refractivity contribution >= 4 is 11.8 Å². The van der Waals surface area contributed by atoms with E-state index in [1.807, 2.05) is 19.2 Å². The van der Waals surface area contributed by atoms with Crippen LogP contribution in [-0.4, -0.2) is 45.9 Å². The summed E-state index contributed by atoms with van der Waals surface area (Å²) in [5.41, 5.74) is 1.30. The smallest absolute Gasteiger partial charge is 0.144 e. The lowest BCUT2D eigenvalue weighted by atomic mass is 9.86. The molecule has 1 radical (unpaired) electrons. The molecule has 3 atom stereocenters. The molecule has 0 N–H and O–H groups in total. The van der Waals surface area contributed by atoms with Crippen molar-refractivity contribution in [1.29, 1.82) is 0 Å². The summed E-state index contributed by atoms with van der Waals surface area (Å²) >= 11 is 1.79. The first-order valence-corrected chi connectivity index (χ1v) is 8.51. The zero-order valence-electron chi connectivity index (χ0n) is 13.0. The van der Waals surface area contributed by atoms with E-state index < -0.39 is 5.60 Å². The number of thioether (sulfide) groups is 1. The molecule has 5 heteroatoms. The summed E-state index contributed by atoms with van der Waals surface area (Å²) in [6.07, 6.45) is 2.58. The molecule has 4 nitrogen and oxygen atoms in total. The van der Waals surface area contributed by atoms with Crippen molar-refractivity contribution in [3.05, 3.63) is 29.6 Å². The molecule has 1 aromatic heterocycles. The van der Waals surface area contributed by atoms with Crippen molar-refractivity contribution < 1.29 is 9.84 Å². The summed E-state index contributed by atoms with van der Waals surface area (Å²) in [7, 11) is 0. The van der Waals surface area contributed by atoms with E-state index in [1.165, 1.54) is 5.56 Å². The Morgan fingerprint density at radius 2 is 2.29 bits per heavy atom. The maximum absolute atomic E-state index is 13.0. The molecular weight excluding hydrogens is 284 g/mol. The highest BCUT2D eigenvalue weighted by Gasteiger charge is 2.55. The molecule has 1 unspecified atom stereocenters. The summed E-state index contributed by atoms with van der Waals surface area (Å²) < 4.78 is 5.11. The zero-order chi connectivity index (χ0) is 15.1. The van der Waals surface area contributed by atoms with Gasteiger partial charge < -0.3 is 4.74 Å². The highest BCUT2D eigenvalue weighted by Crippen LogP contribution is 2.48. The number of nitrogens with zero attached hydrogens (tertiary/aromatic N) is 2. The van der Waals surface area contributed by atoms with E-state index in [4.69, 9.17) is 4.74 Å². The van der Waals surface area contributed by atoms with Crippen molar-refractivity contribution in [2.24, 2.45) is 0 Å². The predicted molar refractivity (Wildman–Crippen MR) is 83.8 cm³/mol. The number of rotatable bonds is 3. The van der Waals surface area contributed by atoms with Gasteiger partial charge in [-0.3, -0.25) is 9.88 Å². The lowest BCUT2D eigenvalue weighted by molar-refractivity contribution is -0.0651. The van der Waals surface area contributed by atoms with Gasteiger partial charge in [-0.05, 0) is 32.4 Å². The lowest BCUT2D eigenvalue weighted by Gasteiger charge is -2.36.